The zero-order valence-electron chi connectivity index (χ0n) is 8.60. The Labute approximate surface area is 89.9 Å². The number of halogens is 1. The standard InChI is InChI=1S/C13H15FO/c14-10-12-15-11-6-2-5-9-13-7-3-1-4-8-13/h1-4,6-8,10,12H,5,9,11H2/b6-2+,12-10-. The van der Waals surface area contributed by atoms with Crippen molar-refractivity contribution in [2.24, 2.45) is 0 Å². The monoisotopic (exact) mass is 206 g/mol. The lowest BCUT2D eigenvalue weighted by Crippen LogP contribution is -1.83. The smallest absolute Gasteiger partial charge is 0.121 e. The van der Waals surface area contributed by atoms with Crippen molar-refractivity contribution in [3.05, 3.63) is 60.6 Å². The molecule has 0 amide bonds. The molecule has 0 fully saturated rings. The number of ether oxygens (including phenoxy) is 1. The Kier molecular flexibility index (Phi) is 5.98. The van der Waals surface area contributed by atoms with Crippen molar-refractivity contribution in [3.63, 3.8) is 0 Å². The van der Waals surface area contributed by atoms with E-state index in [0.29, 0.717) is 12.9 Å². The van der Waals surface area contributed by atoms with Gasteiger partial charge in [0.1, 0.15) is 19.2 Å². The summed E-state index contributed by atoms with van der Waals surface area (Å²) in [5.41, 5.74) is 1.33. The molecule has 1 aromatic rings. The van der Waals surface area contributed by atoms with Crippen LogP contribution in [0.3, 0.4) is 0 Å². The van der Waals surface area contributed by atoms with Gasteiger partial charge in [0, 0.05) is 0 Å². The second kappa shape index (κ2) is 7.80. The lowest BCUT2D eigenvalue weighted by Gasteiger charge is -1.96. The first kappa shape index (κ1) is 11.5. The highest BCUT2D eigenvalue weighted by atomic mass is 19.1. The highest BCUT2D eigenvalue weighted by Crippen LogP contribution is 2.02. The molecule has 0 saturated heterocycles. The van der Waals surface area contributed by atoms with E-state index in [0.717, 1.165) is 19.1 Å². The molecule has 0 aromatic heterocycles. The highest BCUT2D eigenvalue weighted by Gasteiger charge is 1.87. The fourth-order valence-corrected chi connectivity index (χ4v) is 1.23. The van der Waals surface area contributed by atoms with Crippen LogP contribution in [-0.2, 0) is 11.2 Å². The maximum absolute atomic E-state index is 11.5. The van der Waals surface area contributed by atoms with Crippen molar-refractivity contribution in [2.75, 3.05) is 6.61 Å². The van der Waals surface area contributed by atoms with E-state index < -0.39 is 0 Å². The normalized spacial score (nSPS) is 11.3. The molecule has 0 aliphatic rings. The van der Waals surface area contributed by atoms with Crippen LogP contribution in [0.15, 0.2) is 55.1 Å². The first-order chi connectivity index (χ1) is 7.43. The maximum atomic E-state index is 11.5. The van der Waals surface area contributed by atoms with Crippen molar-refractivity contribution >= 4 is 0 Å². The van der Waals surface area contributed by atoms with E-state index in [1.54, 1.807) is 0 Å². The predicted molar refractivity (Wildman–Crippen MR) is 60.1 cm³/mol. The lowest BCUT2D eigenvalue weighted by molar-refractivity contribution is 0.283. The zero-order valence-corrected chi connectivity index (χ0v) is 8.60. The summed E-state index contributed by atoms with van der Waals surface area (Å²) in [6.07, 6.45) is 7.37. The van der Waals surface area contributed by atoms with Gasteiger partial charge in [-0.25, -0.2) is 4.39 Å². The van der Waals surface area contributed by atoms with E-state index in [1.807, 2.05) is 30.4 Å². The third-order valence-corrected chi connectivity index (χ3v) is 1.95. The number of hydrogen-bond donors (Lipinski definition) is 0. The second-order valence-electron chi connectivity index (χ2n) is 3.09. The number of benzene rings is 1. The molecule has 0 radical (unpaired) electrons. The molecule has 0 unspecified atom stereocenters. The van der Waals surface area contributed by atoms with Gasteiger partial charge in [-0.3, -0.25) is 0 Å². The van der Waals surface area contributed by atoms with Gasteiger partial charge < -0.3 is 4.74 Å². The molecule has 80 valence electrons. The van der Waals surface area contributed by atoms with Crippen LogP contribution in [-0.4, -0.2) is 6.61 Å². The van der Waals surface area contributed by atoms with Crippen molar-refractivity contribution in [3.8, 4) is 0 Å². The van der Waals surface area contributed by atoms with Crippen LogP contribution < -0.4 is 0 Å². The van der Waals surface area contributed by atoms with Gasteiger partial charge >= 0.3 is 0 Å². The predicted octanol–water partition coefficient (Wildman–Crippen LogP) is 3.63. The maximum Gasteiger partial charge on any atom is 0.121 e. The molecule has 0 bridgehead atoms. The first-order valence-corrected chi connectivity index (χ1v) is 4.99. The topological polar surface area (TPSA) is 9.23 Å². The Morgan fingerprint density at radius 1 is 1.13 bits per heavy atom. The van der Waals surface area contributed by atoms with Crippen molar-refractivity contribution in [1.82, 2.24) is 0 Å². The second-order valence-corrected chi connectivity index (χ2v) is 3.09. The molecule has 0 aliphatic heterocycles. The van der Waals surface area contributed by atoms with Crippen LogP contribution in [0.5, 0.6) is 0 Å². The van der Waals surface area contributed by atoms with Gasteiger partial charge in [-0.05, 0) is 18.4 Å². The quantitative estimate of drug-likeness (QED) is 0.392. The van der Waals surface area contributed by atoms with Crippen molar-refractivity contribution in [1.29, 1.82) is 0 Å². The summed E-state index contributed by atoms with van der Waals surface area (Å²) in [6, 6.07) is 10.3. The summed E-state index contributed by atoms with van der Waals surface area (Å²) >= 11 is 0. The van der Waals surface area contributed by atoms with Gasteiger partial charge in [0.2, 0.25) is 0 Å². The molecule has 15 heavy (non-hydrogen) atoms. The molecular weight excluding hydrogens is 191 g/mol. The van der Waals surface area contributed by atoms with Crippen LogP contribution in [0.2, 0.25) is 0 Å². The molecule has 0 N–H and O–H groups in total. The molecule has 0 heterocycles. The SMILES string of the molecule is F/C=C\OC/C=C/CCc1ccccc1. The molecule has 0 saturated carbocycles. The number of hydrogen-bond acceptors (Lipinski definition) is 1. The largest absolute Gasteiger partial charge is 0.495 e. The van der Waals surface area contributed by atoms with Crippen LogP contribution in [0.25, 0.3) is 0 Å². The molecular formula is C13H15FO. The summed E-state index contributed by atoms with van der Waals surface area (Å²) in [5.74, 6) is 0. The van der Waals surface area contributed by atoms with Gasteiger partial charge in [0.15, 0.2) is 0 Å². The van der Waals surface area contributed by atoms with Crippen LogP contribution in [0.4, 0.5) is 4.39 Å². The fraction of sp³-hybridized carbons (Fsp3) is 0.231. The van der Waals surface area contributed by atoms with Gasteiger partial charge in [0.25, 0.3) is 0 Å². The average molecular weight is 206 g/mol. The lowest BCUT2D eigenvalue weighted by atomic mass is 10.1. The average Bonchev–Trinajstić information content (AvgIpc) is 2.29. The number of aryl methyl sites for hydroxylation is 1. The van der Waals surface area contributed by atoms with E-state index in [4.69, 9.17) is 4.74 Å². The summed E-state index contributed by atoms with van der Waals surface area (Å²) < 4.78 is 16.3. The van der Waals surface area contributed by atoms with E-state index in [9.17, 15) is 4.39 Å². The minimum Gasteiger partial charge on any atom is -0.495 e. The molecule has 0 atom stereocenters. The van der Waals surface area contributed by atoms with E-state index in [-0.39, 0.29) is 0 Å². The minimum absolute atomic E-state index is 0.387. The molecule has 0 spiro atoms. The van der Waals surface area contributed by atoms with E-state index in [2.05, 4.69) is 12.1 Å². The van der Waals surface area contributed by atoms with E-state index in [1.165, 1.54) is 5.56 Å². The molecule has 1 aromatic carbocycles. The summed E-state index contributed by atoms with van der Waals surface area (Å²) in [6.45, 7) is 0.426. The van der Waals surface area contributed by atoms with Crippen molar-refractivity contribution < 1.29 is 9.13 Å². The Bertz CT molecular complexity index is 304. The van der Waals surface area contributed by atoms with Gasteiger partial charge in [-0.2, -0.15) is 0 Å². The van der Waals surface area contributed by atoms with Crippen LogP contribution in [0, 0.1) is 0 Å². The van der Waals surface area contributed by atoms with Crippen molar-refractivity contribution in [2.45, 2.75) is 12.8 Å². The third-order valence-electron chi connectivity index (χ3n) is 1.95. The molecule has 2 heteroatoms. The first-order valence-electron chi connectivity index (χ1n) is 4.99. The fourth-order valence-electron chi connectivity index (χ4n) is 1.23. The van der Waals surface area contributed by atoms with Crippen LogP contribution in [0.1, 0.15) is 12.0 Å². The Morgan fingerprint density at radius 3 is 2.67 bits per heavy atom. The molecule has 1 nitrogen and oxygen atoms in total. The van der Waals surface area contributed by atoms with Gasteiger partial charge in [-0.15, -0.1) is 0 Å². The number of allylic oxidation sites excluding steroid dienone is 1. The number of rotatable bonds is 6. The summed E-state index contributed by atoms with van der Waals surface area (Å²) in [7, 11) is 0. The van der Waals surface area contributed by atoms with Crippen LogP contribution >= 0.6 is 0 Å². The Balaban J connectivity index is 2.11. The summed E-state index contributed by atoms with van der Waals surface area (Å²) in [4.78, 5) is 0. The van der Waals surface area contributed by atoms with Gasteiger partial charge in [0.05, 0.1) is 0 Å². The van der Waals surface area contributed by atoms with E-state index >= 15 is 0 Å². The zero-order chi connectivity index (χ0) is 10.8. The third kappa shape index (κ3) is 5.68. The van der Waals surface area contributed by atoms with Gasteiger partial charge in [-0.1, -0.05) is 42.5 Å². The minimum atomic E-state index is 0.387. The highest BCUT2D eigenvalue weighted by molar-refractivity contribution is 5.15. The molecule has 1 rings (SSSR count). The summed E-state index contributed by atoms with van der Waals surface area (Å²) in [5, 5.41) is 0. The molecule has 0 aliphatic carbocycles. The Morgan fingerprint density at radius 2 is 1.93 bits per heavy atom. The Hall–Kier alpha value is -1.57.